The molecule has 0 aliphatic heterocycles. The molecule has 1 fully saturated rings. The zero-order chi connectivity index (χ0) is 18.5. The smallest absolute Gasteiger partial charge is 0.277 e. The van der Waals surface area contributed by atoms with E-state index in [-0.39, 0.29) is 11.7 Å². The van der Waals surface area contributed by atoms with Gasteiger partial charge in [-0.1, -0.05) is 43.2 Å². The molecule has 0 radical (unpaired) electrons. The van der Waals surface area contributed by atoms with Crippen LogP contribution in [-0.2, 0) is 4.79 Å². The fraction of sp³-hybridized carbons (Fsp3) is 0.474. The highest BCUT2D eigenvalue weighted by Gasteiger charge is 2.23. The van der Waals surface area contributed by atoms with Crippen LogP contribution in [0.5, 0.6) is 0 Å². The molecule has 0 spiro atoms. The van der Waals surface area contributed by atoms with Crippen LogP contribution in [0.3, 0.4) is 0 Å². The standard InChI is InChI=1S/C19H23N3O3S/c1-12(23)15-9-6-10-16(11-15)20-17(24)13(2)26-19-22-21-18(25-19)14-7-4-3-5-8-14/h6,9-11,13-14H,3-5,7-8H2,1-2H3,(H,20,24)/t13-/m1/s1. The van der Waals surface area contributed by atoms with Crippen LogP contribution < -0.4 is 5.32 Å². The van der Waals surface area contributed by atoms with Crippen LogP contribution >= 0.6 is 11.8 Å². The Morgan fingerprint density at radius 2 is 2.00 bits per heavy atom. The SMILES string of the molecule is CC(=O)c1cccc(NC(=O)[C@@H](C)Sc2nnc(C3CCCCC3)o2)c1. The van der Waals surface area contributed by atoms with Gasteiger partial charge in [-0.2, -0.15) is 0 Å². The van der Waals surface area contributed by atoms with Gasteiger partial charge < -0.3 is 9.73 Å². The minimum Gasteiger partial charge on any atom is -0.416 e. The molecule has 6 nitrogen and oxygen atoms in total. The van der Waals surface area contributed by atoms with E-state index in [9.17, 15) is 9.59 Å². The Hall–Kier alpha value is -2.15. The maximum atomic E-state index is 12.4. The zero-order valence-corrected chi connectivity index (χ0v) is 15.8. The molecule has 26 heavy (non-hydrogen) atoms. The third-order valence-electron chi connectivity index (χ3n) is 4.56. The summed E-state index contributed by atoms with van der Waals surface area (Å²) in [6.07, 6.45) is 5.86. The fourth-order valence-corrected chi connectivity index (χ4v) is 3.74. The number of benzene rings is 1. The molecular weight excluding hydrogens is 350 g/mol. The molecule has 1 aliphatic rings. The molecule has 1 aliphatic carbocycles. The Morgan fingerprint density at radius 1 is 1.23 bits per heavy atom. The molecule has 0 saturated heterocycles. The van der Waals surface area contributed by atoms with Crippen LogP contribution in [0.4, 0.5) is 5.69 Å². The predicted molar refractivity (Wildman–Crippen MR) is 101 cm³/mol. The highest BCUT2D eigenvalue weighted by Crippen LogP contribution is 2.33. The summed E-state index contributed by atoms with van der Waals surface area (Å²) in [5, 5.41) is 11.1. The van der Waals surface area contributed by atoms with Crippen molar-refractivity contribution in [1.82, 2.24) is 10.2 Å². The van der Waals surface area contributed by atoms with E-state index in [2.05, 4.69) is 15.5 Å². The van der Waals surface area contributed by atoms with Crippen molar-refractivity contribution in [2.24, 2.45) is 0 Å². The van der Waals surface area contributed by atoms with E-state index in [4.69, 9.17) is 4.42 Å². The maximum absolute atomic E-state index is 12.4. The minimum absolute atomic E-state index is 0.0374. The third kappa shape index (κ3) is 4.72. The highest BCUT2D eigenvalue weighted by atomic mass is 32.2. The van der Waals surface area contributed by atoms with Gasteiger partial charge in [-0.3, -0.25) is 9.59 Å². The number of nitrogens with one attached hydrogen (secondary N) is 1. The fourth-order valence-electron chi connectivity index (χ4n) is 3.05. The monoisotopic (exact) mass is 373 g/mol. The van der Waals surface area contributed by atoms with Gasteiger partial charge in [0.2, 0.25) is 11.8 Å². The molecular formula is C19H23N3O3S. The molecule has 3 rings (SSSR count). The second kappa shape index (κ2) is 8.49. The summed E-state index contributed by atoms with van der Waals surface area (Å²) in [5.74, 6) is 0.829. The molecule has 1 amide bonds. The number of aromatic nitrogens is 2. The summed E-state index contributed by atoms with van der Waals surface area (Å²) < 4.78 is 5.76. The Morgan fingerprint density at radius 3 is 2.73 bits per heavy atom. The first-order valence-corrected chi connectivity index (χ1v) is 9.83. The van der Waals surface area contributed by atoms with Crippen LogP contribution in [0.25, 0.3) is 0 Å². The van der Waals surface area contributed by atoms with Crippen molar-refractivity contribution in [2.45, 2.75) is 62.3 Å². The topological polar surface area (TPSA) is 85.1 Å². The molecule has 1 N–H and O–H groups in total. The lowest BCUT2D eigenvalue weighted by molar-refractivity contribution is -0.115. The highest BCUT2D eigenvalue weighted by molar-refractivity contribution is 8.00. The van der Waals surface area contributed by atoms with Crippen molar-refractivity contribution in [2.75, 3.05) is 5.32 Å². The van der Waals surface area contributed by atoms with Crippen LogP contribution in [-0.4, -0.2) is 27.1 Å². The molecule has 0 bridgehead atoms. The van der Waals surface area contributed by atoms with Crippen LogP contribution in [0, 0.1) is 0 Å². The third-order valence-corrected chi connectivity index (χ3v) is 5.49. The molecule has 1 aromatic heterocycles. The van der Waals surface area contributed by atoms with E-state index in [1.807, 2.05) is 0 Å². The Bertz CT molecular complexity index is 784. The van der Waals surface area contributed by atoms with E-state index in [0.717, 1.165) is 12.8 Å². The van der Waals surface area contributed by atoms with Crippen molar-refractivity contribution in [3.05, 3.63) is 35.7 Å². The summed E-state index contributed by atoms with van der Waals surface area (Å²) in [7, 11) is 0. The van der Waals surface area contributed by atoms with Crippen molar-refractivity contribution in [3.63, 3.8) is 0 Å². The molecule has 1 heterocycles. The van der Waals surface area contributed by atoms with Crippen LogP contribution in [0.1, 0.15) is 68.1 Å². The Balaban J connectivity index is 1.58. The first-order valence-electron chi connectivity index (χ1n) is 8.95. The number of nitrogens with zero attached hydrogens (tertiary/aromatic N) is 2. The molecule has 7 heteroatoms. The number of amides is 1. The van der Waals surface area contributed by atoms with Gasteiger partial charge in [0.05, 0.1) is 5.25 Å². The minimum atomic E-state index is -0.393. The van der Waals surface area contributed by atoms with E-state index < -0.39 is 5.25 Å². The van der Waals surface area contributed by atoms with Gasteiger partial charge in [0.1, 0.15) is 0 Å². The number of Topliss-reactive ketones (excluding diaryl/α,β-unsaturated/α-hetero) is 1. The number of ketones is 1. The van der Waals surface area contributed by atoms with Gasteiger partial charge in [-0.15, -0.1) is 10.2 Å². The van der Waals surface area contributed by atoms with E-state index >= 15 is 0 Å². The van der Waals surface area contributed by atoms with Gasteiger partial charge in [-0.25, -0.2) is 0 Å². The summed E-state index contributed by atoms with van der Waals surface area (Å²) in [6, 6.07) is 6.90. The van der Waals surface area contributed by atoms with E-state index in [1.54, 1.807) is 31.2 Å². The number of carbonyl (C=O) groups excluding carboxylic acids is 2. The van der Waals surface area contributed by atoms with Gasteiger partial charge in [0.25, 0.3) is 5.22 Å². The molecule has 138 valence electrons. The number of hydrogen-bond acceptors (Lipinski definition) is 6. The van der Waals surface area contributed by atoms with Gasteiger partial charge >= 0.3 is 0 Å². The lowest BCUT2D eigenvalue weighted by Crippen LogP contribution is -2.22. The lowest BCUT2D eigenvalue weighted by Gasteiger charge is -2.17. The molecule has 2 aromatic rings. The predicted octanol–water partition coefficient (Wildman–Crippen LogP) is 4.44. The average Bonchev–Trinajstić information content (AvgIpc) is 3.11. The first kappa shape index (κ1) is 18.6. The maximum Gasteiger partial charge on any atom is 0.277 e. The molecule has 1 aromatic carbocycles. The number of rotatable bonds is 6. The van der Waals surface area contributed by atoms with Crippen LogP contribution in [0.15, 0.2) is 33.9 Å². The van der Waals surface area contributed by atoms with Crippen LogP contribution in [0.2, 0.25) is 0 Å². The Labute approximate surface area is 157 Å². The number of carbonyl (C=O) groups is 2. The summed E-state index contributed by atoms with van der Waals surface area (Å²) in [4.78, 5) is 23.8. The van der Waals surface area contributed by atoms with Crippen molar-refractivity contribution >= 4 is 29.1 Å². The zero-order valence-electron chi connectivity index (χ0n) is 15.0. The lowest BCUT2D eigenvalue weighted by atomic mass is 9.89. The van der Waals surface area contributed by atoms with Crippen molar-refractivity contribution in [1.29, 1.82) is 0 Å². The number of hydrogen-bond donors (Lipinski definition) is 1. The Kier molecular flexibility index (Phi) is 6.08. The second-order valence-corrected chi connectivity index (χ2v) is 7.92. The number of anilines is 1. The van der Waals surface area contributed by atoms with E-state index in [1.165, 1.54) is 37.9 Å². The van der Waals surface area contributed by atoms with Crippen molar-refractivity contribution < 1.29 is 14.0 Å². The number of thioether (sulfide) groups is 1. The normalized spacial score (nSPS) is 16.2. The van der Waals surface area contributed by atoms with Crippen molar-refractivity contribution in [3.8, 4) is 0 Å². The first-order chi connectivity index (χ1) is 12.5. The largest absolute Gasteiger partial charge is 0.416 e. The molecule has 0 unspecified atom stereocenters. The summed E-state index contributed by atoms with van der Waals surface area (Å²) >= 11 is 1.25. The summed E-state index contributed by atoms with van der Waals surface area (Å²) in [6.45, 7) is 3.29. The van der Waals surface area contributed by atoms with Gasteiger partial charge in [0.15, 0.2) is 5.78 Å². The average molecular weight is 373 g/mol. The molecule has 1 saturated carbocycles. The second-order valence-electron chi connectivity index (χ2n) is 6.63. The quantitative estimate of drug-likeness (QED) is 0.595. The van der Waals surface area contributed by atoms with Gasteiger partial charge in [-0.05, 0) is 38.8 Å². The summed E-state index contributed by atoms with van der Waals surface area (Å²) in [5.41, 5.74) is 1.17. The van der Waals surface area contributed by atoms with E-state index in [0.29, 0.717) is 28.3 Å². The van der Waals surface area contributed by atoms with Gasteiger partial charge in [0, 0.05) is 17.2 Å². The molecule has 1 atom stereocenters.